The number of para-hydroxylation sites is 2. The van der Waals surface area contributed by atoms with Crippen molar-refractivity contribution in [3.63, 3.8) is 0 Å². The average Bonchev–Trinajstić information content (AvgIpc) is 2.53. The zero-order valence-corrected chi connectivity index (χ0v) is 10.1. The molecule has 1 N–H and O–H groups in total. The molecule has 2 heterocycles. The van der Waals surface area contributed by atoms with Gasteiger partial charge in [-0.1, -0.05) is 12.1 Å². The summed E-state index contributed by atoms with van der Waals surface area (Å²) in [5.41, 5.74) is 3.25. The predicted octanol–water partition coefficient (Wildman–Crippen LogP) is 2.81. The lowest BCUT2D eigenvalue weighted by atomic mass is 10.2. The first-order valence-electron chi connectivity index (χ1n) is 5.93. The molecule has 4 nitrogen and oxygen atoms in total. The van der Waals surface area contributed by atoms with Gasteiger partial charge in [0.1, 0.15) is 0 Å². The topological polar surface area (TPSA) is 45.2 Å². The number of hydrogen-bond acceptors (Lipinski definition) is 3. The summed E-state index contributed by atoms with van der Waals surface area (Å²) in [7, 11) is 0. The molecule has 18 heavy (non-hydrogen) atoms. The maximum atomic E-state index is 12.5. The molecule has 0 saturated carbocycles. The standard InChI is InChI=1S/C14H13N3O/c1-2-17-13-6-4-3-5-11(13)16-12-9-15-8-7-10(12)14(17)18/h3-9,16H,2H2,1H3. The highest BCUT2D eigenvalue weighted by Gasteiger charge is 2.24. The van der Waals surface area contributed by atoms with E-state index in [9.17, 15) is 4.79 Å². The smallest absolute Gasteiger partial charge is 0.260 e. The number of nitrogens with zero attached hydrogens (tertiary/aromatic N) is 2. The number of hydrogen-bond donors (Lipinski definition) is 1. The molecule has 0 saturated heterocycles. The Bertz CT molecular complexity index is 609. The molecular formula is C14H13N3O. The van der Waals surface area contributed by atoms with Crippen LogP contribution in [0.15, 0.2) is 42.7 Å². The molecule has 0 unspecified atom stereocenters. The van der Waals surface area contributed by atoms with Crippen molar-refractivity contribution in [2.45, 2.75) is 6.92 Å². The van der Waals surface area contributed by atoms with Crippen molar-refractivity contribution in [3.8, 4) is 0 Å². The summed E-state index contributed by atoms with van der Waals surface area (Å²) in [6.07, 6.45) is 3.32. The van der Waals surface area contributed by atoms with Gasteiger partial charge >= 0.3 is 0 Å². The van der Waals surface area contributed by atoms with Crippen LogP contribution >= 0.6 is 0 Å². The van der Waals surface area contributed by atoms with E-state index < -0.39 is 0 Å². The first-order valence-corrected chi connectivity index (χ1v) is 5.93. The second-order valence-corrected chi connectivity index (χ2v) is 4.11. The fourth-order valence-electron chi connectivity index (χ4n) is 2.21. The highest BCUT2D eigenvalue weighted by Crippen LogP contribution is 2.34. The Morgan fingerprint density at radius 2 is 2.06 bits per heavy atom. The number of carbonyl (C=O) groups is 1. The number of fused-ring (bicyclic) bond motifs is 2. The van der Waals surface area contributed by atoms with Gasteiger partial charge in [0, 0.05) is 12.7 Å². The fraction of sp³-hybridized carbons (Fsp3) is 0.143. The summed E-state index contributed by atoms with van der Waals surface area (Å²) in [6.45, 7) is 2.61. The predicted molar refractivity (Wildman–Crippen MR) is 71.3 cm³/mol. The Balaban J connectivity index is 2.23. The number of pyridine rings is 1. The molecule has 1 aromatic heterocycles. The third kappa shape index (κ3) is 1.54. The van der Waals surface area contributed by atoms with Crippen LogP contribution in [0.4, 0.5) is 17.1 Å². The number of nitrogens with one attached hydrogen (secondary N) is 1. The molecule has 0 fully saturated rings. The first kappa shape index (κ1) is 10.8. The Hall–Kier alpha value is -2.36. The molecule has 1 aromatic carbocycles. The summed E-state index contributed by atoms with van der Waals surface area (Å²) in [5, 5.41) is 3.27. The van der Waals surface area contributed by atoms with Crippen molar-refractivity contribution < 1.29 is 4.79 Å². The number of amides is 1. The van der Waals surface area contributed by atoms with Gasteiger partial charge in [0.05, 0.1) is 28.8 Å². The van der Waals surface area contributed by atoms with Gasteiger partial charge in [-0.05, 0) is 25.1 Å². The fourth-order valence-corrected chi connectivity index (χ4v) is 2.21. The second-order valence-electron chi connectivity index (χ2n) is 4.11. The lowest BCUT2D eigenvalue weighted by Gasteiger charge is -2.20. The van der Waals surface area contributed by atoms with E-state index in [0.29, 0.717) is 12.1 Å². The third-order valence-electron chi connectivity index (χ3n) is 3.08. The number of aromatic nitrogens is 1. The van der Waals surface area contributed by atoms with Gasteiger partial charge in [-0.2, -0.15) is 0 Å². The highest BCUT2D eigenvalue weighted by atomic mass is 16.2. The Labute approximate surface area is 105 Å². The highest BCUT2D eigenvalue weighted by molar-refractivity contribution is 6.13. The van der Waals surface area contributed by atoms with Crippen LogP contribution in [0.1, 0.15) is 17.3 Å². The van der Waals surface area contributed by atoms with Gasteiger partial charge in [-0.15, -0.1) is 0 Å². The molecule has 0 radical (unpaired) electrons. The van der Waals surface area contributed by atoms with E-state index in [1.807, 2.05) is 31.2 Å². The lowest BCUT2D eigenvalue weighted by Crippen LogP contribution is -2.29. The van der Waals surface area contributed by atoms with Gasteiger partial charge in [0.15, 0.2) is 0 Å². The van der Waals surface area contributed by atoms with Crippen LogP contribution < -0.4 is 10.2 Å². The second kappa shape index (κ2) is 4.14. The molecule has 1 amide bonds. The van der Waals surface area contributed by atoms with E-state index in [2.05, 4.69) is 10.3 Å². The Morgan fingerprint density at radius 3 is 2.89 bits per heavy atom. The van der Waals surface area contributed by atoms with Gasteiger partial charge in [-0.3, -0.25) is 9.78 Å². The molecule has 1 aliphatic heterocycles. The Morgan fingerprint density at radius 1 is 1.22 bits per heavy atom. The zero-order valence-electron chi connectivity index (χ0n) is 10.1. The average molecular weight is 239 g/mol. The SMILES string of the molecule is CCN1C(=O)c2ccncc2Nc2ccccc21. The van der Waals surface area contributed by atoms with Crippen LogP contribution in [-0.4, -0.2) is 17.4 Å². The van der Waals surface area contributed by atoms with E-state index in [-0.39, 0.29) is 5.91 Å². The van der Waals surface area contributed by atoms with Gasteiger partial charge < -0.3 is 10.2 Å². The van der Waals surface area contributed by atoms with Gasteiger partial charge in [0.2, 0.25) is 0 Å². The van der Waals surface area contributed by atoms with Crippen molar-refractivity contribution in [1.29, 1.82) is 0 Å². The molecular weight excluding hydrogens is 226 g/mol. The number of benzene rings is 1. The Kier molecular flexibility index (Phi) is 2.48. The first-order chi connectivity index (χ1) is 8.81. The maximum absolute atomic E-state index is 12.5. The van der Waals surface area contributed by atoms with Crippen molar-refractivity contribution in [2.24, 2.45) is 0 Å². The third-order valence-corrected chi connectivity index (χ3v) is 3.08. The normalized spacial score (nSPS) is 13.4. The molecule has 90 valence electrons. The van der Waals surface area contributed by atoms with Crippen molar-refractivity contribution in [1.82, 2.24) is 4.98 Å². The lowest BCUT2D eigenvalue weighted by molar-refractivity contribution is 0.0989. The van der Waals surface area contributed by atoms with Crippen LogP contribution in [0.3, 0.4) is 0 Å². The molecule has 0 aliphatic carbocycles. The van der Waals surface area contributed by atoms with Crippen molar-refractivity contribution in [3.05, 3.63) is 48.3 Å². The van der Waals surface area contributed by atoms with Gasteiger partial charge in [0.25, 0.3) is 5.91 Å². The molecule has 0 bridgehead atoms. The molecule has 1 aliphatic rings. The van der Waals surface area contributed by atoms with Crippen LogP contribution in [-0.2, 0) is 0 Å². The minimum atomic E-state index is 0.00681. The molecule has 4 heteroatoms. The van der Waals surface area contributed by atoms with Crippen molar-refractivity contribution in [2.75, 3.05) is 16.8 Å². The van der Waals surface area contributed by atoms with E-state index >= 15 is 0 Å². The molecule has 0 spiro atoms. The minimum absolute atomic E-state index is 0.00681. The van der Waals surface area contributed by atoms with Crippen molar-refractivity contribution >= 4 is 23.0 Å². The number of rotatable bonds is 1. The monoisotopic (exact) mass is 239 g/mol. The minimum Gasteiger partial charge on any atom is -0.352 e. The van der Waals surface area contributed by atoms with E-state index in [1.165, 1.54) is 0 Å². The van der Waals surface area contributed by atoms with E-state index in [0.717, 1.165) is 17.1 Å². The summed E-state index contributed by atoms with van der Waals surface area (Å²) >= 11 is 0. The summed E-state index contributed by atoms with van der Waals surface area (Å²) < 4.78 is 0. The number of anilines is 3. The zero-order chi connectivity index (χ0) is 12.5. The van der Waals surface area contributed by atoms with E-state index in [1.54, 1.807) is 23.4 Å². The largest absolute Gasteiger partial charge is 0.352 e. The van der Waals surface area contributed by atoms with Crippen LogP contribution in [0, 0.1) is 0 Å². The quantitative estimate of drug-likeness (QED) is 0.832. The summed E-state index contributed by atoms with van der Waals surface area (Å²) in [6, 6.07) is 9.55. The summed E-state index contributed by atoms with van der Waals surface area (Å²) in [5.74, 6) is 0.00681. The van der Waals surface area contributed by atoms with Crippen LogP contribution in [0.2, 0.25) is 0 Å². The number of carbonyl (C=O) groups excluding carboxylic acids is 1. The molecule has 3 rings (SSSR count). The molecule has 2 aromatic rings. The van der Waals surface area contributed by atoms with Crippen LogP contribution in [0.5, 0.6) is 0 Å². The maximum Gasteiger partial charge on any atom is 0.260 e. The van der Waals surface area contributed by atoms with Crippen LogP contribution in [0.25, 0.3) is 0 Å². The molecule has 0 atom stereocenters. The summed E-state index contributed by atoms with van der Waals surface area (Å²) in [4.78, 5) is 18.3. The van der Waals surface area contributed by atoms with Gasteiger partial charge in [-0.25, -0.2) is 0 Å². The van der Waals surface area contributed by atoms with E-state index in [4.69, 9.17) is 0 Å².